The average molecular weight is 522 g/mol. The van der Waals surface area contributed by atoms with Gasteiger partial charge >= 0.3 is 0 Å². The minimum atomic E-state index is -0.130. The summed E-state index contributed by atoms with van der Waals surface area (Å²) in [6.45, 7) is 1.87. The van der Waals surface area contributed by atoms with Gasteiger partial charge in [0.15, 0.2) is 0 Å². The third-order valence-electron chi connectivity index (χ3n) is 6.57. The van der Waals surface area contributed by atoms with Crippen molar-refractivity contribution in [1.82, 2.24) is 10.4 Å². The van der Waals surface area contributed by atoms with Crippen LogP contribution in [0.1, 0.15) is 37.3 Å². The lowest BCUT2D eigenvalue weighted by Gasteiger charge is -2.25. The normalized spacial score (nSPS) is 25.6. The topological polar surface area (TPSA) is 47.9 Å². The van der Waals surface area contributed by atoms with Crippen LogP contribution in [-0.4, -0.2) is 29.7 Å². The molecule has 0 spiro atoms. The molecule has 3 atom stereocenters. The summed E-state index contributed by atoms with van der Waals surface area (Å²) in [5.74, 6) is 1.30. The molecule has 2 unspecified atom stereocenters. The van der Waals surface area contributed by atoms with Gasteiger partial charge in [-0.15, -0.1) is 0 Å². The van der Waals surface area contributed by atoms with Crippen molar-refractivity contribution in [2.75, 3.05) is 18.1 Å². The second-order valence-corrected chi connectivity index (χ2v) is 10.3. The number of halogens is 3. The summed E-state index contributed by atoms with van der Waals surface area (Å²) in [6, 6.07) is 13.3. The highest BCUT2D eigenvalue weighted by Crippen LogP contribution is 2.40. The van der Waals surface area contributed by atoms with Crippen LogP contribution < -0.4 is 10.4 Å². The van der Waals surface area contributed by atoms with Crippen LogP contribution in [0.25, 0.3) is 0 Å². The van der Waals surface area contributed by atoms with Gasteiger partial charge in [0.1, 0.15) is 5.71 Å². The zero-order valence-corrected chi connectivity index (χ0v) is 20.0. The molecule has 8 heteroatoms. The van der Waals surface area contributed by atoms with Gasteiger partial charge in [0.2, 0.25) is 0 Å². The van der Waals surface area contributed by atoms with Crippen LogP contribution in [0.5, 0.6) is 0 Å². The number of hydrogen-bond donors (Lipinski definition) is 1. The van der Waals surface area contributed by atoms with Crippen LogP contribution in [0, 0.1) is 11.8 Å². The van der Waals surface area contributed by atoms with Gasteiger partial charge in [0.05, 0.1) is 16.8 Å². The van der Waals surface area contributed by atoms with E-state index in [1.54, 1.807) is 12.1 Å². The van der Waals surface area contributed by atoms with Crippen LogP contribution >= 0.6 is 39.1 Å². The van der Waals surface area contributed by atoms with E-state index in [2.05, 4.69) is 26.4 Å². The van der Waals surface area contributed by atoms with E-state index < -0.39 is 0 Å². The molecule has 0 radical (unpaired) electrons. The largest absolute Gasteiger partial charge is 0.284 e. The van der Waals surface area contributed by atoms with Gasteiger partial charge in [-0.1, -0.05) is 57.7 Å². The summed E-state index contributed by atoms with van der Waals surface area (Å²) >= 11 is 16.1. The lowest BCUT2D eigenvalue weighted by atomic mass is 10.0. The number of benzene rings is 2. The van der Waals surface area contributed by atoms with Gasteiger partial charge in [0, 0.05) is 29.0 Å². The number of fused-ring (bicyclic) bond motifs is 1. The Morgan fingerprint density at radius 1 is 1.06 bits per heavy atom. The van der Waals surface area contributed by atoms with E-state index in [4.69, 9.17) is 28.3 Å². The molecule has 1 amide bonds. The van der Waals surface area contributed by atoms with Crippen molar-refractivity contribution in [3.63, 3.8) is 0 Å². The summed E-state index contributed by atoms with van der Waals surface area (Å²) in [4.78, 5) is 13.1. The first kappa shape index (κ1) is 21.3. The maximum absolute atomic E-state index is 13.1. The Morgan fingerprint density at radius 3 is 2.45 bits per heavy atom. The minimum Gasteiger partial charge on any atom is -0.284 e. The van der Waals surface area contributed by atoms with Crippen molar-refractivity contribution in [1.29, 1.82) is 0 Å². The third-order valence-corrected chi connectivity index (χ3v) is 7.64. The van der Waals surface area contributed by atoms with Gasteiger partial charge in [0.25, 0.3) is 5.91 Å². The fourth-order valence-corrected chi connectivity index (χ4v) is 5.77. The molecule has 0 bridgehead atoms. The van der Waals surface area contributed by atoms with E-state index in [0.29, 0.717) is 34.0 Å². The molecule has 0 aromatic heterocycles. The van der Waals surface area contributed by atoms with Crippen molar-refractivity contribution >= 4 is 56.4 Å². The smallest absolute Gasteiger partial charge is 0.281 e. The predicted octanol–water partition coefficient (Wildman–Crippen LogP) is 5.83. The summed E-state index contributed by atoms with van der Waals surface area (Å²) in [6.07, 6.45) is 4.36. The summed E-state index contributed by atoms with van der Waals surface area (Å²) in [5, 5.41) is 9.70. The number of hydrazone groups is 1. The Balaban J connectivity index is 1.39. The Kier molecular flexibility index (Phi) is 5.99. The van der Waals surface area contributed by atoms with Crippen LogP contribution in [0.2, 0.25) is 10.0 Å². The molecule has 2 aliphatic heterocycles. The van der Waals surface area contributed by atoms with Gasteiger partial charge in [-0.05, 0) is 60.6 Å². The molecule has 3 aliphatic rings. The van der Waals surface area contributed by atoms with Gasteiger partial charge in [-0.2, -0.15) is 5.10 Å². The molecule has 2 heterocycles. The lowest BCUT2D eigenvalue weighted by Crippen LogP contribution is -2.44. The number of hydrogen-bond acceptors (Lipinski definition) is 4. The SMILES string of the molecule is O=C(NN1CC2CCCC2C1)C1=NN(c2ccc(Cl)cc2Cl)[C@H](c2ccc(Br)cc2)C1. The van der Waals surface area contributed by atoms with Gasteiger partial charge in [-0.3, -0.25) is 15.2 Å². The quantitative estimate of drug-likeness (QED) is 0.550. The number of nitrogens with zero attached hydrogens (tertiary/aromatic N) is 3. The highest BCUT2D eigenvalue weighted by molar-refractivity contribution is 9.10. The number of nitrogens with one attached hydrogen (secondary N) is 1. The van der Waals surface area contributed by atoms with Crippen molar-refractivity contribution in [2.45, 2.75) is 31.7 Å². The van der Waals surface area contributed by atoms with Crippen molar-refractivity contribution in [3.8, 4) is 0 Å². The molecule has 1 saturated heterocycles. The molecule has 2 aromatic rings. The minimum absolute atomic E-state index is 0.120. The second kappa shape index (κ2) is 8.74. The number of anilines is 1. The van der Waals surface area contributed by atoms with E-state index in [1.165, 1.54) is 19.3 Å². The fourth-order valence-electron chi connectivity index (χ4n) is 5.02. The Bertz CT molecular complexity index is 1020. The molecular weight excluding hydrogens is 499 g/mol. The van der Waals surface area contributed by atoms with E-state index in [-0.39, 0.29) is 11.9 Å². The first-order chi connectivity index (χ1) is 15.0. The molecule has 5 rings (SSSR count). The van der Waals surface area contributed by atoms with Gasteiger partial charge in [-0.25, -0.2) is 5.01 Å². The van der Waals surface area contributed by atoms with Crippen LogP contribution in [0.3, 0.4) is 0 Å². The maximum Gasteiger partial charge on any atom is 0.281 e. The molecule has 2 aromatic carbocycles. The van der Waals surface area contributed by atoms with E-state index >= 15 is 0 Å². The molecule has 5 nitrogen and oxygen atoms in total. The number of hydrazine groups is 1. The molecule has 162 valence electrons. The number of carbonyl (C=O) groups is 1. The molecule has 31 heavy (non-hydrogen) atoms. The van der Waals surface area contributed by atoms with Crippen molar-refractivity contribution < 1.29 is 4.79 Å². The monoisotopic (exact) mass is 520 g/mol. The lowest BCUT2D eigenvalue weighted by molar-refractivity contribution is -0.119. The van der Waals surface area contributed by atoms with E-state index in [1.807, 2.05) is 35.3 Å². The van der Waals surface area contributed by atoms with Crippen LogP contribution in [0.4, 0.5) is 5.69 Å². The zero-order chi connectivity index (χ0) is 21.5. The van der Waals surface area contributed by atoms with Crippen LogP contribution in [0.15, 0.2) is 52.0 Å². The van der Waals surface area contributed by atoms with E-state index in [0.717, 1.165) is 28.8 Å². The molecule has 1 aliphatic carbocycles. The number of carbonyl (C=O) groups excluding carboxylic acids is 1. The fraction of sp³-hybridized carbons (Fsp3) is 0.391. The van der Waals surface area contributed by atoms with E-state index in [9.17, 15) is 4.79 Å². The Labute approximate surface area is 200 Å². The highest BCUT2D eigenvalue weighted by Gasteiger charge is 2.38. The third kappa shape index (κ3) is 4.36. The molecule has 1 N–H and O–H groups in total. The first-order valence-corrected chi connectivity index (χ1v) is 12.2. The summed E-state index contributed by atoms with van der Waals surface area (Å²) < 4.78 is 1.00. The molecular formula is C23H23BrCl2N4O. The molecule has 2 fully saturated rings. The number of amides is 1. The predicted molar refractivity (Wildman–Crippen MR) is 128 cm³/mol. The maximum atomic E-state index is 13.1. The second-order valence-electron chi connectivity index (χ2n) is 8.56. The van der Waals surface area contributed by atoms with Gasteiger partial charge < -0.3 is 0 Å². The summed E-state index contributed by atoms with van der Waals surface area (Å²) in [5.41, 5.74) is 5.41. The molecule has 1 saturated carbocycles. The number of rotatable bonds is 4. The highest BCUT2D eigenvalue weighted by atomic mass is 79.9. The Morgan fingerprint density at radius 2 is 1.77 bits per heavy atom. The summed E-state index contributed by atoms with van der Waals surface area (Å²) in [7, 11) is 0. The first-order valence-electron chi connectivity index (χ1n) is 10.6. The standard InChI is InChI=1S/C23H23BrCl2N4O/c24-17-6-4-14(5-7-17)22-11-20(27-30(22)21-9-8-18(25)10-19(21)26)23(31)28-29-12-15-2-1-3-16(15)13-29/h4-10,15-16,22H,1-3,11-13H2,(H,28,31)/t15?,16?,22-/m0/s1. The van der Waals surface area contributed by atoms with Crippen LogP contribution in [-0.2, 0) is 4.79 Å². The Hall–Kier alpha value is -1.60. The van der Waals surface area contributed by atoms with Crippen molar-refractivity contribution in [3.05, 3.63) is 62.5 Å². The van der Waals surface area contributed by atoms with Crippen molar-refractivity contribution in [2.24, 2.45) is 16.9 Å². The average Bonchev–Trinajstić information content (AvgIpc) is 3.43. The zero-order valence-electron chi connectivity index (χ0n) is 16.9.